The van der Waals surface area contributed by atoms with Crippen LogP contribution in [0.2, 0.25) is 0 Å². The molecule has 0 unspecified atom stereocenters. The van der Waals surface area contributed by atoms with E-state index in [0.29, 0.717) is 12.2 Å². The van der Waals surface area contributed by atoms with E-state index in [-0.39, 0.29) is 6.04 Å². The van der Waals surface area contributed by atoms with Gasteiger partial charge in [-0.2, -0.15) is 0 Å². The number of nitrogens with one attached hydrogen (secondary N) is 2. The zero-order valence-corrected chi connectivity index (χ0v) is 15.6. The zero-order chi connectivity index (χ0) is 20.6. The van der Waals surface area contributed by atoms with Gasteiger partial charge in [0, 0.05) is 18.7 Å². The van der Waals surface area contributed by atoms with Crippen molar-refractivity contribution in [2.75, 3.05) is 13.1 Å². The highest BCUT2D eigenvalue weighted by atomic mass is 16.4. The summed E-state index contributed by atoms with van der Waals surface area (Å²) in [6, 6.07) is 17.2. The quantitative estimate of drug-likeness (QED) is 0.599. The Hall–Kier alpha value is -3.87. The van der Waals surface area contributed by atoms with E-state index in [1.54, 1.807) is 0 Å². The molecule has 7 nitrogen and oxygen atoms in total. The third kappa shape index (κ3) is 5.32. The highest BCUT2D eigenvalue weighted by Crippen LogP contribution is 2.32. The number of rotatable bonds is 3. The molecule has 1 aliphatic carbocycles. The summed E-state index contributed by atoms with van der Waals surface area (Å²) in [6.45, 7) is 1.76. The van der Waals surface area contributed by atoms with Crippen molar-refractivity contribution in [1.82, 2.24) is 10.6 Å². The molecule has 0 saturated heterocycles. The van der Waals surface area contributed by atoms with Crippen LogP contribution in [0.4, 0.5) is 0 Å². The molecular weight excluding hydrogens is 370 g/mol. The lowest BCUT2D eigenvalue weighted by molar-refractivity contribution is -0.134. The van der Waals surface area contributed by atoms with Crippen LogP contribution >= 0.6 is 0 Å². The van der Waals surface area contributed by atoms with E-state index in [1.807, 2.05) is 0 Å². The lowest BCUT2D eigenvalue weighted by atomic mass is 9.94. The molecule has 0 radical (unpaired) electrons. The molecule has 7 heteroatoms. The van der Waals surface area contributed by atoms with Crippen molar-refractivity contribution >= 4 is 30.1 Å². The minimum atomic E-state index is -1.26. The summed E-state index contributed by atoms with van der Waals surface area (Å²) in [6.07, 6.45) is 5.50. The highest BCUT2D eigenvalue weighted by molar-refractivity contribution is 5.89. The van der Waals surface area contributed by atoms with Gasteiger partial charge in [0.25, 0.3) is 0 Å². The maximum absolute atomic E-state index is 9.55. The predicted molar refractivity (Wildman–Crippen MR) is 112 cm³/mol. The van der Waals surface area contributed by atoms with Crippen molar-refractivity contribution in [1.29, 1.82) is 0 Å². The second-order valence-electron chi connectivity index (χ2n) is 6.34. The van der Waals surface area contributed by atoms with Crippen LogP contribution in [-0.2, 0) is 9.59 Å². The average Bonchev–Trinajstić information content (AvgIpc) is 3.18. The normalized spacial score (nSPS) is 14.6. The maximum atomic E-state index is 9.55. The van der Waals surface area contributed by atoms with Crippen LogP contribution in [0.3, 0.4) is 0 Å². The van der Waals surface area contributed by atoms with E-state index < -0.39 is 11.9 Å². The number of nitrogens with zero attached hydrogens (tertiary/aromatic N) is 1. The van der Waals surface area contributed by atoms with Gasteiger partial charge in [-0.3, -0.25) is 4.99 Å². The van der Waals surface area contributed by atoms with Gasteiger partial charge in [0.15, 0.2) is 5.96 Å². The smallest absolute Gasteiger partial charge is 0.328 e. The van der Waals surface area contributed by atoms with Gasteiger partial charge in [-0.1, -0.05) is 60.7 Å². The molecule has 2 aliphatic rings. The summed E-state index contributed by atoms with van der Waals surface area (Å²) in [5.74, 6) is -1.62. The Morgan fingerprint density at radius 1 is 0.931 bits per heavy atom. The monoisotopic (exact) mass is 391 g/mol. The van der Waals surface area contributed by atoms with Crippen LogP contribution in [-0.4, -0.2) is 41.2 Å². The second-order valence-corrected chi connectivity index (χ2v) is 6.34. The first kappa shape index (κ1) is 19.9. The summed E-state index contributed by atoms with van der Waals surface area (Å²) in [4.78, 5) is 23.6. The third-order valence-corrected chi connectivity index (χ3v) is 4.38. The third-order valence-electron chi connectivity index (χ3n) is 4.38. The number of carboxylic acid groups (broad SMARTS) is 2. The van der Waals surface area contributed by atoms with Gasteiger partial charge < -0.3 is 20.8 Å². The van der Waals surface area contributed by atoms with Crippen molar-refractivity contribution in [2.45, 2.75) is 6.04 Å². The lowest BCUT2D eigenvalue weighted by Crippen LogP contribution is -2.37. The minimum Gasteiger partial charge on any atom is -0.478 e. The van der Waals surface area contributed by atoms with Crippen LogP contribution in [0, 0.1) is 0 Å². The summed E-state index contributed by atoms with van der Waals surface area (Å²) in [5, 5.41) is 22.5. The first-order chi connectivity index (χ1) is 14.0. The van der Waals surface area contributed by atoms with Crippen LogP contribution in [0.25, 0.3) is 12.2 Å². The molecule has 2 aromatic carbocycles. The van der Waals surface area contributed by atoms with Gasteiger partial charge in [-0.15, -0.1) is 0 Å². The number of guanidine groups is 1. The van der Waals surface area contributed by atoms with Crippen LogP contribution < -0.4 is 10.6 Å². The van der Waals surface area contributed by atoms with Crippen molar-refractivity contribution in [3.05, 3.63) is 82.9 Å². The summed E-state index contributed by atoms with van der Waals surface area (Å²) in [5.41, 5.74) is 5.08. The van der Waals surface area contributed by atoms with Gasteiger partial charge >= 0.3 is 11.9 Å². The van der Waals surface area contributed by atoms with Gasteiger partial charge in [-0.05, 0) is 22.3 Å². The Balaban J connectivity index is 0.000000258. The zero-order valence-electron chi connectivity index (χ0n) is 15.6. The Bertz CT molecular complexity index is 930. The van der Waals surface area contributed by atoms with Crippen LogP contribution in [0.1, 0.15) is 28.3 Å². The lowest BCUT2D eigenvalue weighted by Gasteiger charge is -2.22. The number of hydrogen-bond donors (Lipinski definition) is 4. The molecule has 0 bridgehead atoms. The number of carbonyl (C=O) groups is 2. The van der Waals surface area contributed by atoms with Crippen molar-refractivity contribution in [2.24, 2.45) is 4.99 Å². The Labute approximate surface area is 168 Å². The molecule has 0 spiro atoms. The molecule has 1 aliphatic heterocycles. The van der Waals surface area contributed by atoms with E-state index in [9.17, 15) is 9.59 Å². The minimum absolute atomic E-state index is 0.122. The standard InChI is InChI=1S/C18H17N3.C4H4O4/c1-3-7-15-13(5-1)9-10-14-6-2-4-8-16(14)17(15)21-18-19-11-12-20-18;5-3(6)1-2-4(7)8/h1-10,17H,11-12H2,(H2,19,20,21);1-2H,(H,5,6)(H,7,8)/b;2-1-. The molecule has 0 aromatic heterocycles. The van der Waals surface area contributed by atoms with E-state index >= 15 is 0 Å². The molecule has 0 saturated carbocycles. The molecule has 0 fully saturated rings. The molecule has 0 amide bonds. The SMILES string of the molecule is C1=Cc2ccccc2C(NC2=NCCN2)c2ccccc21.O=C(O)/C=C\C(=O)O. The van der Waals surface area contributed by atoms with Crippen LogP contribution in [0.15, 0.2) is 65.7 Å². The highest BCUT2D eigenvalue weighted by Gasteiger charge is 2.22. The van der Waals surface area contributed by atoms with E-state index in [4.69, 9.17) is 10.2 Å². The first-order valence-corrected chi connectivity index (χ1v) is 9.09. The number of fused-ring (bicyclic) bond motifs is 2. The molecule has 4 rings (SSSR count). The van der Waals surface area contributed by atoms with Gasteiger partial charge in [0.1, 0.15) is 0 Å². The number of aliphatic imine (C=N–C) groups is 1. The predicted octanol–water partition coefficient (Wildman–Crippen LogP) is 2.52. The summed E-state index contributed by atoms with van der Waals surface area (Å²) < 4.78 is 0. The van der Waals surface area contributed by atoms with Gasteiger partial charge in [0.2, 0.25) is 0 Å². The Kier molecular flexibility index (Phi) is 6.42. The molecule has 29 heavy (non-hydrogen) atoms. The molecule has 4 N–H and O–H groups in total. The topological polar surface area (TPSA) is 111 Å². The molecule has 0 atom stereocenters. The fraction of sp³-hybridized carbons (Fsp3) is 0.136. The second kappa shape index (κ2) is 9.36. The van der Waals surface area contributed by atoms with Gasteiger partial charge in [-0.25, -0.2) is 9.59 Å². The summed E-state index contributed by atoms with van der Waals surface area (Å²) >= 11 is 0. The molecule has 148 valence electrons. The maximum Gasteiger partial charge on any atom is 0.328 e. The van der Waals surface area contributed by atoms with E-state index in [0.717, 1.165) is 19.0 Å². The van der Waals surface area contributed by atoms with Crippen molar-refractivity contribution < 1.29 is 19.8 Å². The van der Waals surface area contributed by atoms with Crippen molar-refractivity contribution in [3.8, 4) is 0 Å². The first-order valence-electron chi connectivity index (χ1n) is 9.09. The van der Waals surface area contributed by atoms with E-state index in [2.05, 4.69) is 76.3 Å². The summed E-state index contributed by atoms with van der Waals surface area (Å²) in [7, 11) is 0. The number of benzene rings is 2. The largest absolute Gasteiger partial charge is 0.478 e. The molecule has 2 aromatic rings. The molecule has 1 heterocycles. The fourth-order valence-electron chi connectivity index (χ4n) is 3.13. The Morgan fingerprint density at radius 3 is 1.90 bits per heavy atom. The number of hydrogen-bond acceptors (Lipinski definition) is 5. The number of carboxylic acids is 2. The number of aliphatic carboxylic acids is 2. The molecular formula is C22H21N3O4. The van der Waals surface area contributed by atoms with Crippen molar-refractivity contribution in [3.63, 3.8) is 0 Å². The Morgan fingerprint density at radius 2 is 1.45 bits per heavy atom. The van der Waals surface area contributed by atoms with Crippen LogP contribution in [0.5, 0.6) is 0 Å². The van der Waals surface area contributed by atoms with Gasteiger partial charge in [0.05, 0.1) is 12.6 Å². The fourth-order valence-corrected chi connectivity index (χ4v) is 3.13. The van der Waals surface area contributed by atoms with E-state index in [1.165, 1.54) is 22.3 Å². The average molecular weight is 391 g/mol.